The maximum Gasteiger partial charge on any atom is 0.148 e. The van der Waals surface area contributed by atoms with E-state index in [4.69, 9.17) is 9.47 Å². The van der Waals surface area contributed by atoms with E-state index in [1.54, 1.807) is 6.08 Å². The summed E-state index contributed by atoms with van der Waals surface area (Å²) in [4.78, 5) is 10.7. The molecule has 0 radical (unpaired) electrons. The Morgan fingerprint density at radius 1 is 1.50 bits per heavy atom. The third-order valence-corrected chi connectivity index (χ3v) is 2.72. The number of hydrogen-bond donors (Lipinski definition) is 0. The van der Waals surface area contributed by atoms with Gasteiger partial charge < -0.3 is 9.47 Å². The smallest absolute Gasteiger partial charge is 0.148 e. The minimum absolute atomic E-state index is 0.228. The highest BCUT2D eigenvalue weighted by Gasteiger charge is 2.02. The highest BCUT2D eigenvalue weighted by molar-refractivity contribution is 9.10. The molecule has 5 heteroatoms. The number of carbonyl (C=O) groups excluding carboxylic acids is 1. The fourth-order valence-electron chi connectivity index (χ4n) is 1.19. The molecule has 0 atom stereocenters. The van der Waals surface area contributed by atoms with Crippen LogP contribution in [0.1, 0.15) is 6.92 Å². The van der Waals surface area contributed by atoms with Gasteiger partial charge in [0.15, 0.2) is 0 Å². The summed E-state index contributed by atoms with van der Waals surface area (Å²) in [5, 5.41) is 0. The third-order valence-electron chi connectivity index (χ3n) is 2.10. The monoisotopic (exact) mass is 316 g/mol. The first kappa shape index (κ1) is 14.9. The van der Waals surface area contributed by atoms with Crippen molar-refractivity contribution in [2.24, 2.45) is 0 Å². The highest BCUT2D eigenvalue weighted by atomic mass is 79.9. The molecule has 0 spiro atoms. The van der Waals surface area contributed by atoms with Crippen molar-refractivity contribution in [2.45, 2.75) is 6.92 Å². The summed E-state index contributed by atoms with van der Waals surface area (Å²) in [6.07, 6.45) is 2.37. The van der Waals surface area contributed by atoms with Crippen LogP contribution in [0.4, 0.5) is 4.39 Å². The zero-order valence-corrected chi connectivity index (χ0v) is 11.6. The summed E-state index contributed by atoms with van der Waals surface area (Å²) in [6.45, 7) is 2.91. The van der Waals surface area contributed by atoms with E-state index in [1.807, 2.05) is 6.92 Å². The van der Waals surface area contributed by atoms with Crippen molar-refractivity contribution in [1.29, 1.82) is 0 Å². The van der Waals surface area contributed by atoms with Gasteiger partial charge in [-0.1, -0.05) is 0 Å². The molecule has 0 heterocycles. The summed E-state index contributed by atoms with van der Waals surface area (Å²) >= 11 is 3.19. The van der Waals surface area contributed by atoms with Gasteiger partial charge >= 0.3 is 0 Å². The van der Waals surface area contributed by atoms with E-state index in [9.17, 15) is 9.18 Å². The quantitative estimate of drug-likeness (QED) is 0.572. The van der Waals surface area contributed by atoms with Gasteiger partial charge in [-0.2, -0.15) is 0 Å². The molecule has 1 rings (SSSR count). The average Bonchev–Trinajstić information content (AvgIpc) is 2.36. The molecule has 0 fully saturated rings. The van der Waals surface area contributed by atoms with Crippen LogP contribution in [0.3, 0.4) is 0 Å². The van der Waals surface area contributed by atoms with Gasteiger partial charge in [0.2, 0.25) is 0 Å². The van der Waals surface area contributed by atoms with Gasteiger partial charge in [0.25, 0.3) is 0 Å². The minimum Gasteiger partial charge on any atom is -0.488 e. The van der Waals surface area contributed by atoms with E-state index in [1.165, 1.54) is 18.2 Å². The lowest BCUT2D eigenvalue weighted by Gasteiger charge is -2.06. The number of aldehydes is 1. The van der Waals surface area contributed by atoms with Crippen LogP contribution >= 0.6 is 15.9 Å². The normalized spacial score (nSPS) is 11.4. The van der Waals surface area contributed by atoms with Crippen molar-refractivity contribution >= 4 is 22.2 Å². The van der Waals surface area contributed by atoms with Crippen LogP contribution in [-0.2, 0) is 9.53 Å². The number of carbonyl (C=O) groups is 1. The molecule has 0 saturated heterocycles. The molecule has 1 aromatic carbocycles. The number of hydrogen-bond acceptors (Lipinski definition) is 3. The lowest BCUT2D eigenvalue weighted by Crippen LogP contribution is -2.02. The molecule has 0 N–H and O–H groups in total. The Morgan fingerprint density at radius 2 is 2.28 bits per heavy atom. The lowest BCUT2D eigenvalue weighted by atomic mass is 10.3. The van der Waals surface area contributed by atoms with Crippen molar-refractivity contribution in [3.05, 3.63) is 40.1 Å². The van der Waals surface area contributed by atoms with E-state index in [-0.39, 0.29) is 19.0 Å². The first-order valence-electron chi connectivity index (χ1n) is 5.47. The maximum absolute atomic E-state index is 12.8. The maximum atomic E-state index is 12.8. The Hall–Kier alpha value is -1.20. The number of halogens is 2. The molecule has 0 saturated carbocycles. The minimum atomic E-state index is -0.338. The second-order valence-corrected chi connectivity index (χ2v) is 4.27. The summed E-state index contributed by atoms with van der Waals surface area (Å²) in [7, 11) is 0. The van der Waals surface area contributed by atoms with Crippen LogP contribution in [0, 0.1) is 5.82 Å². The number of ether oxygens (including phenoxy) is 2. The summed E-state index contributed by atoms with van der Waals surface area (Å²) in [5.74, 6) is 0.184. The third kappa shape index (κ3) is 4.98. The van der Waals surface area contributed by atoms with Gasteiger partial charge in [0.1, 0.15) is 24.5 Å². The molecule has 0 aliphatic heterocycles. The van der Waals surface area contributed by atoms with Gasteiger partial charge in [-0.25, -0.2) is 4.39 Å². The van der Waals surface area contributed by atoms with E-state index in [2.05, 4.69) is 15.9 Å². The van der Waals surface area contributed by atoms with Gasteiger partial charge in [-0.3, -0.25) is 4.79 Å². The molecule has 98 valence electrons. The fraction of sp³-hybridized carbons (Fsp3) is 0.308. The van der Waals surface area contributed by atoms with E-state index >= 15 is 0 Å². The molecule has 3 nitrogen and oxygen atoms in total. The molecular weight excluding hydrogens is 303 g/mol. The number of benzene rings is 1. The molecule has 0 aromatic heterocycles. The van der Waals surface area contributed by atoms with Crippen LogP contribution in [0.5, 0.6) is 5.75 Å². The van der Waals surface area contributed by atoms with Crippen LogP contribution in [0.15, 0.2) is 34.3 Å². The van der Waals surface area contributed by atoms with Crippen molar-refractivity contribution in [3.8, 4) is 5.75 Å². The van der Waals surface area contributed by atoms with Crippen molar-refractivity contribution in [1.82, 2.24) is 0 Å². The van der Waals surface area contributed by atoms with E-state index in [0.717, 1.165) is 6.29 Å². The predicted octanol–water partition coefficient (Wildman–Crippen LogP) is 3.13. The molecule has 0 aliphatic carbocycles. The van der Waals surface area contributed by atoms with Crippen LogP contribution < -0.4 is 4.74 Å². The zero-order valence-electron chi connectivity index (χ0n) is 9.99. The van der Waals surface area contributed by atoms with Crippen molar-refractivity contribution in [2.75, 3.05) is 19.8 Å². The topological polar surface area (TPSA) is 35.5 Å². The Kier molecular flexibility index (Phi) is 6.60. The van der Waals surface area contributed by atoms with Crippen molar-refractivity contribution < 1.29 is 18.7 Å². The highest BCUT2D eigenvalue weighted by Crippen LogP contribution is 2.25. The van der Waals surface area contributed by atoms with E-state index in [0.29, 0.717) is 22.4 Å². The van der Waals surface area contributed by atoms with Gasteiger partial charge in [-0.15, -0.1) is 0 Å². The Labute approximate surface area is 114 Å². The van der Waals surface area contributed by atoms with Crippen LogP contribution in [0.2, 0.25) is 0 Å². The molecule has 0 aliphatic rings. The first-order valence-corrected chi connectivity index (χ1v) is 6.26. The summed E-state index contributed by atoms with van der Waals surface area (Å²) in [6, 6.07) is 4.15. The predicted molar refractivity (Wildman–Crippen MR) is 70.2 cm³/mol. The molecular formula is C13H14BrFO3. The average molecular weight is 317 g/mol. The number of rotatable bonds is 7. The Bertz CT molecular complexity index is 432. The molecule has 1 aromatic rings. The van der Waals surface area contributed by atoms with Gasteiger partial charge in [-0.05, 0) is 47.1 Å². The van der Waals surface area contributed by atoms with Crippen LogP contribution in [0.25, 0.3) is 0 Å². The van der Waals surface area contributed by atoms with Gasteiger partial charge in [0.05, 0.1) is 11.1 Å². The molecule has 0 unspecified atom stereocenters. The summed E-state index contributed by atoms with van der Waals surface area (Å²) < 4.78 is 23.9. The molecule has 18 heavy (non-hydrogen) atoms. The fourth-order valence-corrected chi connectivity index (χ4v) is 1.66. The van der Waals surface area contributed by atoms with Gasteiger partial charge in [0, 0.05) is 12.2 Å². The molecule has 0 bridgehead atoms. The lowest BCUT2D eigenvalue weighted by molar-refractivity contribution is -0.105. The first-order chi connectivity index (χ1) is 8.67. The summed E-state index contributed by atoms with van der Waals surface area (Å²) in [5.41, 5.74) is 0.523. The Balaban J connectivity index is 2.53. The Morgan fingerprint density at radius 3 is 2.89 bits per heavy atom. The second kappa shape index (κ2) is 8.00. The zero-order chi connectivity index (χ0) is 13.4. The molecule has 0 amide bonds. The second-order valence-electron chi connectivity index (χ2n) is 3.42. The largest absolute Gasteiger partial charge is 0.488 e. The SMILES string of the molecule is CCOC/C(C=O)=C/COc1ccc(F)cc1Br. The van der Waals surface area contributed by atoms with Crippen LogP contribution in [-0.4, -0.2) is 26.1 Å². The van der Waals surface area contributed by atoms with E-state index < -0.39 is 0 Å². The van der Waals surface area contributed by atoms with Crippen molar-refractivity contribution in [3.63, 3.8) is 0 Å². The standard InChI is InChI=1S/C13H14BrFO3/c1-2-17-9-10(8-16)5-6-18-13-4-3-11(15)7-12(13)14/h3-5,7-8H,2,6,9H2,1H3/b10-5+.